The topological polar surface area (TPSA) is 35.5 Å². The summed E-state index contributed by atoms with van der Waals surface area (Å²) in [6, 6.07) is 1.29. The molecule has 0 bridgehead atoms. The zero-order valence-corrected chi connectivity index (χ0v) is 14.5. The van der Waals surface area contributed by atoms with Gasteiger partial charge in [-0.2, -0.15) is 0 Å². The van der Waals surface area contributed by atoms with Crippen molar-refractivity contribution in [3.8, 4) is 0 Å². The minimum atomic E-state index is -2.90. The van der Waals surface area contributed by atoms with E-state index in [1.807, 2.05) is 19.9 Å². The fourth-order valence-corrected chi connectivity index (χ4v) is 5.57. The van der Waals surface area contributed by atoms with Crippen LogP contribution in [0.4, 0.5) is 0 Å². The average molecular weight is 292 g/mol. The third kappa shape index (κ3) is 8.25. The first-order valence-electron chi connectivity index (χ1n) is 6.95. The molecule has 0 aromatic carbocycles. The third-order valence-electron chi connectivity index (χ3n) is 2.72. The maximum absolute atomic E-state index is 12.2. The molecule has 0 unspecified atom stereocenters. The maximum atomic E-state index is 12.2. The molecular weight excluding hydrogens is 263 g/mol. The Morgan fingerprint density at radius 1 is 1.11 bits per heavy atom. The first-order valence-corrected chi connectivity index (χ1v) is 12.0. The van der Waals surface area contributed by atoms with Crippen LogP contribution in [0.5, 0.6) is 0 Å². The van der Waals surface area contributed by atoms with Crippen molar-refractivity contribution < 1.29 is 13.6 Å². The lowest BCUT2D eigenvalue weighted by Crippen LogP contribution is -2.22. The Morgan fingerprint density at radius 2 is 1.67 bits per heavy atom. The summed E-state index contributed by atoms with van der Waals surface area (Å²) < 4.78 is 22.8. The molecular formula is C13H29O3PSi. The van der Waals surface area contributed by atoms with Crippen LogP contribution in [0.15, 0.2) is 11.8 Å². The fraction of sp³-hybridized carbons (Fsp3) is 0.846. The van der Waals surface area contributed by atoms with Crippen molar-refractivity contribution in [2.24, 2.45) is 0 Å². The lowest BCUT2D eigenvalue weighted by atomic mass is 10.4. The molecule has 0 aromatic heterocycles. The second-order valence-electron chi connectivity index (χ2n) is 5.12. The summed E-state index contributed by atoms with van der Waals surface area (Å²) in [6.07, 6.45) is 4.92. The minimum Gasteiger partial charge on any atom is -0.309 e. The van der Waals surface area contributed by atoms with Gasteiger partial charge in [0.05, 0.1) is 27.4 Å². The van der Waals surface area contributed by atoms with Crippen LogP contribution in [-0.2, 0) is 13.6 Å². The van der Waals surface area contributed by atoms with Crippen LogP contribution in [0.1, 0.15) is 33.6 Å². The Kier molecular flexibility index (Phi) is 9.14. The number of allylic oxidation sites excluding steroid dienone is 1. The summed E-state index contributed by atoms with van der Waals surface area (Å²) in [5.74, 6) is 0. The summed E-state index contributed by atoms with van der Waals surface area (Å²) in [4.78, 5) is 0. The van der Waals surface area contributed by atoms with Gasteiger partial charge in [0.2, 0.25) is 0 Å². The number of unbranched alkanes of at least 4 members (excludes halogenated alkanes) is 1. The first-order chi connectivity index (χ1) is 8.39. The molecule has 0 rings (SSSR count). The van der Waals surface area contributed by atoms with Crippen LogP contribution in [0.25, 0.3) is 0 Å². The van der Waals surface area contributed by atoms with Gasteiger partial charge in [-0.3, -0.25) is 4.57 Å². The molecule has 0 fully saturated rings. The van der Waals surface area contributed by atoms with E-state index >= 15 is 0 Å². The predicted molar refractivity (Wildman–Crippen MR) is 82.1 cm³/mol. The molecule has 0 atom stereocenters. The fourth-order valence-electron chi connectivity index (χ4n) is 1.75. The van der Waals surface area contributed by atoms with Gasteiger partial charge in [-0.1, -0.05) is 50.7 Å². The molecule has 0 aliphatic carbocycles. The zero-order chi connectivity index (χ0) is 14.1. The molecule has 0 aliphatic heterocycles. The highest BCUT2D eigenvalue weighted by atomic mass is 31.2. The SMILES string of the molecule is CCCC[Si](C)(C)/C=C/CP(=O)(OCC)OCC. The molecule has 5 heteroatoms. The van der Waals surface area contributed by atoms with E-state index in [1.54, 1.807) is 0 Å². The molecule has 0 amide bonds. The lowest BCUT2D eigenvalue weighted by molar-refractivity contribution is 0.222. The Morgan fingerprint density at radius 3 is 2.11 bits per heavy atom. The highest BCUT2D eigenvalue weighted by molar-refractivity contribution is 7.54. The van der Waals surface area contributed by atoms with Crippen LogP contribution >= 0.6 is 7.60 Å². The van der Waals surface area contributed by atoms with Gasteiger partial charge >= 0.3 is 7.60 Å². The Hall–Kier alpha value is 0.107. The van der Waals surface area contributed by atoms with E-state index in [0.717, 1.165) is 0 Å². The van der Waals surface area contributed by atoms with Crippen molar-refractivity contribution in [3.63, 3.8) is 0 Å². The summed E-state index contributed by atoms with van der Waals surface area (Å²) in [5.41, 5.74) is 2.27. The molecule has 0 saturated heterocycles. The molecule has 0 aromatic rings. The standard InChI is InChI=1S/C13H29O3PSi/c1-6-9-12-18(4,5)13-10-11-17(14,15-7-2)16-8-3/h10,13H,6-9,11-12H2,1-5H3/b13-10+. The molecule has 0 heterocycles. The summed E-state index contributed by atoms with van der Waals surface area (Å²) in [7, 11) is -4.18. The highest BCUT2D eigenvalue weighted by Crippen LogP contribution is 2.47. The van der Waals surface area contributed by atoms with Crippen LogP contribution < -0.4 is 0 Å². The maximum Gasteiger partial charge on any atom is 0.334 e. The van der Waals surface area contributed by atoms with E-state index in [-0.39, 0.29) is 0 Å². The van der Waals surface area contributed by atoms with Gasteiger partial charge in [0.15, 0.2) is 0 Å². The zero-order valence-electron chi connectivity index (χ0n) is 12.6. The van der Waals surface area contributed by atoms with E-state index in [4.69, 9.17) is 9.05 Å². The van der Waals surface area contributed by atoms with Crippen LogP contribution in [0.2, 0.25) is 19.1 Å². The van der Waals surface area contributed by atoms with Gasteiger partial charge in [0, 0.05) is 0 Å². The third-order valence-corrected chi connectivity index (χ3v) is 7.47. The Bertz CT molecular complexity index is 280. The number of rotatable bonds is 10. The van der Waals surface area contributed by atoms with Crippen molar-refractivity contribution in [2.75, 3.05) is 19.4 Å². The van der Waals surface area contributed by atoms with Crippen LogP contribution in [0.3, 0.4) is 0 Å². The average Bonchev–Trinajstić information content (AvgIpc) is 2.26. The second kappa shape index (κ2) is 9.08. The highest BCUT2D eigenvalue weighted by Gasteiger charge is 2.22. The Balaban J connectivity index is 4.37. The normalized spacial score (nSPS) is 13.4. The molecule has 108 valence electrons. The molecule has 18 heavy (non-hydrogen) atoms. The smallest absolute Gasteiger partial charge is 0.309 e. The molecule has 0 aliphatic rings. The number of hydrogen-bond acceptors (Lipinski definition) is 3. The van der Waals surface area contributed by atoms with Crippen molar-refractivity contribution in [1.82, 2.24) is 0 Å². The molecule has 3 nitrogen and oxygen atoms in total. The van der Waals surface area contributed by atoms with E-state index in [9.17, 15) is 4.57 Å². The van der Waals surface area contributed by atoms with E-state index in [0.29, 0.717) is 19.4 Å². The van der Waals surface area contributed by atoms with Crippen molar-refractivity contribution in [2.45, 2.75) is 52.8 Å². The van der Waals surface area contributed by atoms with Crippen molar-refractivity contribution in [1.29, 1.82) is 0 Å². The minimum absolute atomic E-state index is 0.400. The quantitative estimate of drug-likeness (QED) is 0.426. The summed E-state index contributed by atoms with van der Waals surface area (Å²) in [6.45, 7) is 11.4. The predicted octanol–water partition coefficient (Wildman–Crippen LogP) is 4.86. The Labute approximate surface area is 113 Å². The summed E-state index contributed by atoms with van der Waals surface area (Å²) in [5, 5.41) is 0. The van der Waals surface area contributed by atoms with Gasteiger partial charge < -0.3 is 9.05 Å². The van der Waals surface area contributed by atoms with Gasteiger partial charge in [-0.25, -0.2) is 0 Å². The number of hydrogen-bond donors (Lipinski definition) is 0. The van der Waals surface area contributed by atoms with Crippen molar-refractivity contribution in [3.05, 3.63) is 11.8 Å². The summed E-state index contributed by atoms with van der Waals surface area (Å²) >= 11 is 0. The molecule has 0 spiro atoms. The molecule has 0 radical (unpaired) electrons. The first kappa shape index (κ1) is 18.1. The van der Waals surface area contributed by atoms with E-state index in [2.05, 4.69) is 25.7 Å². The van der Waals surface area contributed by atoms with E-state index in [1.165, 1.54) is 18.9 Å². The van der Waals surface area contributed by atoms with Crippen molar-refractivity contribution >= 4 is 15.7 Å². The second-order valence-corrected chi connectivity index (χ2v) is 12.0. The van der Waals surface area contributed by atoms with Crippen LogP contribution in [0, 0.1) is 0 Å². The van der Waals surface area contributed by atoms with Gasteiger partial charge in [0.1, 0.15) is 0 Å². The van der Waals surface area contributed by atoms with Gasteiger partial charge in [-0.05, 0) is 13.8 Å². The monoisotopic (exact) mass is 292 g/mol. The lowest BCUT2D eigenvalue weighted by Gasteiger charge is -2.18. The molecule has 0 N–H and O–H groups in total. The van der Waals surface area contributed by atoms with Gasteiger partial charge in [-0.15, -0.1) is 0 Å². The molecule has 0 saturated carbocycles. The van der Waals surface area contributed by atoms with Crippen LogP contribution in [-0.4, -0.2) is 27.4 Å². The largest absolute Gasteiger partial charge is 0.334 e. The van der Waals surface area contributed by atoms with E-state index < -0.39 is 15.7 Å². The van der Waals surface area contributed by atoms with Gasteiger partial charge in [0.25, 0.3) is 0 Å².